The van der Waals surface area contributed by atoms with Crippen LogP contribution in [0.1, 0.15) is 48.7 Å². The van der Waals surface area contributed by atoms with Crippen molar-refractivity contribution in [2.75, 3.05) is 26.1 Å². The number of likely N-dealkylation sites (tertiary alicyclic amines) is 1. The van der Waals surface area contributed by atoms with Crippen molar-refractivity contribution in [1.29, 1.82) is 0 Å². The number of ether oxygens (including phenoxy) is 2. The highest BCUT2D eigenvalue weighted by atomic mass is 35.5. The summed E-state index contributed by atoms with van der Waals surface area (Å²) in [5, 5.41) is 4.61. The molecule has 3 aromatic rings. The summed E-state index contributed by atoms with van der Waals surface area (Å²) < 4.78 is 11.0. The highest BCUT2D eigenvalue weighted by Gasteiger charge is 2.29. The highest BCUT2D eigenvalue weighted by molar-refractivity contribution is 6.32. The SMILES string of the molecule is CCC1CCCCN1C(=O)c1cnc2nc(C)ccc2c1Nc1cc(OC)c(Cl)cc1OC. The van der Waals surface area contributed by atoms with Crippen LogP contribution in [0.4, 0.5) is 11.4 Å². The quantitative estimate of drug-likeness (QED) is 0.495. The first-order chi connectivity index (χ1) is 16.0. The lowest BCUT2D eigenvalue weighted by molar-refractivity contribution is 0.0609. The van der Waals surface area contributed by atoms with E-state index >= 15 is 0 Å². The number of hydrogen-bond donors (Lipinski definition) is 1. The molecule has 1 fully saturated rings. The van der Waals surface area contributed by atoms with Crippen LogP contribution in [0.5, 0.6) is 11.5 Å². The number of piperidine rings is 1. The second-order valence-corrected chi connectivity index (χ2v) is 8.65. The van der Waals surface area contributed by atoms with Crippen LogP contribution in [-0.2, 0) is 0 Å². The summed E-state index contributed by atoms with van der Waals surface area (Å²) in [6.07, 6.45) is 5.73. The standard InChI is InChI=1S/C25H29ClN4O3/c1-5-16-8-6-7-11-30(16)25(31)18-14-27-24-17(10-9-15(2)28-24)23(18)29-20-13-21(32-3)19(26)12-22(20)33-4/h9-10,12-14,16H,5-8,11H2,1-4H3,(H,27,28,29). The Labute approximate surface area is 199 Å². The number of rotatable bonds is 6. The number of methoxy groups -OCH3 is 2. The van der Waals surface area contributed by atoms with Gasteiger partial charge in [-0.25, -0.2) is 9.97 Å². The molecule has 33 heavy (non-hydrogen) atoms. The van der Waals surface area contributed by atoms with Gasteiger partial charge < -0.3 is 19.7 Å². The van der Waals surface area contributed by atoms with Crippen molar-refractivity contribution in [3.8, 4) is 11.5 Å². The number of amides is 1. The van der Waals surface area contributed by atoms with Crippen LogP contribution < -0.4 is 14.8 Å². The van der Waals surface area contributed by atoms with Gasteiger partial charge in [0.25, 0.3) is 5.91 Å². The molecule has 1 atom stereocenters. The Hall–Kier alpha value is -3.06. The number of nitrogens with zero attached hydrogens (tertiary/aromatic N) is 3. The molecule has 0 saturated carbocycles. The molecular weight excluding hydrogens is 440 g/mol. The van der Waals surface area contributed by atoms with Gasteiger partial charge in [-0.1, -0.05) is 18.5 Å². The lowest BCUT2D eigenvalue weighted by atomic mass is 9.98. The molecule has 3 heterocycles. The van der Waals surface area contributed by atoms with Crippen LogP contribution >= 0.6 is 11.6 Å². The molecule has 4 rings (SSSR count). The summed E-state index contributed by atoms with van der Waals surface area (Å²) >= 11 is 6.30. The lowest BCUT2D eigenvalue weighted by Crippen LogP contribution is -2.43. The molecule has 8 heteroatoms. The molecule has 0 bridgehead atoms. The number of halogens is 1. The van der Waals surface area contributed by atoms with Crippen LogP contribution in [0.25, 0.3) is 11.0 Å². The maximum Gasteiger partial charge on any atom is 0.257 e. The molecule has 1 aliphatic heterocycles. The second-order valence-electron chi connectivity index (χ2n) is 8.24. The molecular formula is C25H29ClN4O3. The van der Waals surface area contributed by atoms with E-state index in [1.807, 2.05) is 24.0 Å². The van der Waals surface area contributed by atoms with Gasteiger partial charge in [-0.15, -0.1) is 0 Å². The van der Waals surface area contributed by atoms with Gasteiger partial charge in [0.05, 0.1) is 36.2 Å². The van der Waals surface area contributed by atoms with Crippen LogP contribution in [0.2, 0.25) is 5.02 Å². The van der Waals surface area contributed by atoms with E-state index in [-0.39, 0.29) is 11.9 Å². The van der Waals surface area contributed by atoms with Crippen LogP contribution in [0, 0.1) is 6.92 Å². The normalized spacial score (nSPS) is 16.0. The van der Waals surface area contributed by atoms with E-state index in [0.717, 1.165) is 43.3 Å². The molecule has 7 nitrogen and oxygen atoms in total. The van der Waals surface area contributed by atoms with Gasteiger partial charge in [-0.05, 0) is 44.7 Å². The number of carbonyl (C=O) groups is 1. The molecule has 1 aliphatic rings. The second kappa shape index (κ2) is 9.83. The molecule has 174 valence electrons. The molecule has 1 saturated heterocycles. The van der Waals surface area contributed by atoms with Gasteiger partial charge in [0, 0.05) is 42.0 Å². The summed E-state index contributed by atoms with van der Waals surface area (Å²) in [6.45, 7) is 4.80. The summed E-state index contributed by atoms with van der Waals surface area (Å²) in [7, 11) is 3.13. The first-order valence-electron chi connectivity index (χ1n) is 11.2. The Kier molecular flexibility index (Phi) is 6.88. The van der Waals surface area contributed by atoms with Gasteiger partial charge in [0.1, 0.15) is 11.5 Å². The third-order valence-electron chi connectivity index (χ3n) is 6.19. The number of benzene rings is 1. The van der Waals surface area contributed by atoms with E-state index in [4.69, 9.17) is 21.1 Å². The van der Waals surface area contributed by atoms with Gasteiger partial charge in [0.15, 0.2) is 5.65 Å². The summed E-state index contributed by atoms with van der Waals surface area (Å²) in [5.41, 5.74) is 3.20. The van der Waals surface area contributed by atoms with E-state index in [9.17, 15) is 4.79 Å². The fraction of sp³-hybridized carbons (Fsp3) is 0.400. The minimum Gasteiger partial charge on any atom is -0.495 e. The number of hydrogen-bond acceptors (Lipinski definition) is 6. The average molecular weight is 469 g/mol. The summed E-state index contributed by atoms with van der Waals surface area (Å²) in [4.78, 5) is 24.8. The van der Waals surface area contributed by atoms with Crippen molar-refractivity contribution in [1.82, 2.24) is 14.9 Å². The van der Waals surface area contributed by atoms with Crippen LogP contribution in [0.15, 0.2) is 30.5 Å². The molecule has 0 spiro atoms. The predicted octanol–water partition coefficient (Wildman–Crippen LogP) is 5.76. The van der Waals surface area contributed by atoms with Crippen molar-refractivity contribution in [2.24, 2.45) is 0 Å². The number of anilines is 2. The number of aryl methyl sites for hydroxylation is 1. The van der Waals surface area contributed by atoms with Gasteiger partial charge in [-0.2, -0.15) is 0 Å². The fourth-order valence-corrected chi connectivity index (χ4v) is 4.64. The van der Waals surface area contributed by atoms with Crippen molar-refractivity contribution in [2.45, 2.75) is 45.6 Å². The van der Waals surface area contributed by atoms with Crippen molar-refractivity contribution < 1.29 is 14.3 Å². The molecule has 1 aromatic carbocycles. The number of aromatic nitrogens is 2. The maximum atomic E-state index is 13.8. The predicted molar refractivity (Wildman–Crippen MR) is 131 cm³/mol. The molecule has 0 radical (unpaired) electrons. The first kappa shape index (κ1) is 23.1. The number of pyridine rings is 2. The van der Waals surface area contributed by atoms with E-state index in [1.54, 1.807) is 32.5 Å². The van der Waals surface area contributed by atoms with Crippen molar-refractivity contribution in [3.05, 3.63) is 46.7 Å². The molecule has 2 aromatic heterocycles. The number of fused-ring (bicyclic) bond motifs is 1. The zero-order valence-corrected chi connectivity index (χ0v) is 20.2. The van der Waals surface area contributed by atoms with Gasteiger partial charge in [0.2, 0.25) is 0 Å². The van der Waals surface area contributed by atoms with E-state index in [0.29, 0.717) is 39.1 Å². The van der Waals surface area contributed by atoms with Crippen molar-refractivity contribution in [3.63, 3.8) is 0 Å². The monoisotopic (exact) mass is 468 g/mol. The van der Waals surface area contributed by atoms with E-state index in [1.165, 1.54) is 0 Å². The largest absolute Gasteiger partial charge is 0.495 e. The zero-order chi connectivity index (χ0) is 23.5. The Morgan fingerprint density at radius 2 is 2.00 bits per heavy atom. The Morgan fingerprint density at radius 1 is 1.21 bits per heavy atom. The summed E-state index contributed by atoms with van der Waals surface area (Å²) in [6, 6.07) is 7.54. The van der Waals surface area contributed by atoms with Crippen LogP contribution in [-0.4, -0.2) is 47.6 Å². The van der Waals surface area contributed by atoms with Gasteiger partial charge in [-0.3, -0.25) is 4.79 Å². The van der Waals surface area contributed by atoms with Gasteiger partial charge >= 0.3 is 0 Å². The Balaban J connectivity index is 1.86. The molecule has 1 N–H and O–H groups in total. The number of carbonyl (C=O) groups excluding carboxylic acids is 1. The average Bonchev–Trinajstić information content (AvgIpc) is 2.84. The van der Waals surface area contributed by atoms with E-state index < -0.39 is 0 Å². The molecule has 1 amide bonds. The van der Waals surface area contributed by atoms with Crippen molar-refractivity contribution >= 4 is 39.9 Å². The summed E-state index contributed by atoms with van der Waals surface area (Å²) in [5.74, 6) is 1.01. The zero-order valence-electron chi connectivity index (χ0n) is 19.4. The Bertz CT molecular complexity index is 1180. The highest BCUT2D eigenvalue weighted by Crippen LogP contribution is 2.39. The molecule has 1 unspecified atom stereocenters. The number of nitrogens with one attached hydrogen (secondary N) is 1. The maximum absolute atomic E-state index is 13.8. The lowest BCUT2D eigenvalue weighted by Gasteiger charge is -2.35. The fourth-order valence-electron chi connectivity index (χ4n) is 4.41. The smallest absolute Gasteiger partial charge is 0.257 e. The topological polar surface area (TPSA) is 76.6 Å². The van der Waals surface area contributed by atoms with E-state index in [2.05, 4.69) is 22.2 Å². The Morgan fingerprint density at radius 3 is 2.73 bits per heavy atom. The minimum absolute atomic E-state index is 0.0288. The van der Waals surface area contributed by atoms with Crippen LogP contribution in [0.3, 0.4) is 0 Å². The third-order valence-corrected chi connectivity index (χ3v) is 6.49. The molecule has 0 aliphatic carbocycles. The first-order valence-corrected chi connectivity index (χ1v) is 11.6. The minimum atomic E-state index is -0.0288. The third kappa shape index (κ3) is 4.55.